The lowest BCUT2D eigenvalue weighted by Gasteiger charge is -2.35. The van der Waals surface area contributed by atoms with Crippen molar-refractivity contribution in [1.29, 1.82) is 0 Å². The van der Waals surface area contributed by atoms with Gasteiger partial charge in [0.2, 0.25) is 0 Å². The summed E-state index contributed by atoms with van der Waals surface area (Å²) in [4.78, 5) is 2.22. The SMILES string of the molecule is CCCC(C)(CNC(C)C)CN(C)c1ccc(F)cc1. The van der Waals surface area contributed by atoms with E-state index in [1.807, 2.05) is 12.1 Å². The Hall–Kier alpha value is -1.09. The highest BCUT2D eigenvalue weighted by Gasteiger charge is 2.25. The van der Waals surface area contributed by atoms with Gasteiger partial charge < -0.3 is 10.2 Å². The molecule has 0 bridgehead atoms. The molecule has 1 atom stereocenters. The molecule has 0 amide bonds. The van der Waals surface area contributed by atoms with Crippen LogP contribution in [0.25, 0.3) is 0 Å². The molecule has 1 N–H and O–H groups in total. The summed E-state index contributed by atoms with van der Waals surface area (Å²) in [5, 5.41) is 3.55. The number of benzene rings is 1. The molecule has 1 aromatic rings. The zero-order valence-corrected chi connectivity index (χ0v) is 13.5. The predicted octanol–water partition coefficient (Wildman–Crippen LogP) is 4.07. The van der Waals surface area contributed by atoms with E-state index < -0.39 is 0 Å². The number of hydrogen-bond acceptors (Lipinski definition) is 2. The summed E-state index contributed by atoms with van der Waals surface area (Å²) in [7, 11) is 2.08. The fourth-order valence-corrected chi connectivity index (χ4v) is 2.64. The summed E-state index contributed by atoms with van der Waals surface area (Å²) in [5.41, 5.74) is 1.29. The maximum Gasteiger partial charge on any atom is 0.123 e. The quantitative estimate of drug-likeness (QED) is 0.772. The monoisotopic (exact) mass is 280 g/mol. The van der Waals surface area contributed by atoms with Crippen molar-refractivity contribution in [3.05, 3.63) is 30.1 Å². The van der Waals surface area contributed by atoms with Crippen LogP contribution >= 0.6 is 0 Å². The highest BCUT2D eigenvalue weighted by atomic mass is 19.1. The van der Waals surface area contributed by atoms with E-state index in [0.29, 0.717) is 6.04 Å². The Bertz CT molecular complexity index is 388. The van der Waals surface area contributed by atoms with Crippen LogP contribution < -0.4 is 10.2 Å². The third kappa shape index (κ3) is 5.49. The van der Waals surface area contributed by atoms with Gasteiger partial charge in [-0.1, -0.05) is 34.1 Å². The second-order valence-corrected chi connectivity index (χ2v) is 6.43. The highest BCUT2D eigenvalue weighted by molar-refractivity contribution is 5.45. The molecule has 114 valence electrons. The van der Waals surface area contributed by atoms with Gasteiger partial charge in [-0.05, 0) is 36.1 Å². The average Bonchev–Trinajstić information content (AvgIpc) is 2.37. The Kier molecular flexibility index (Phi) is 6.47. The Morgan fingerprint density at radius 2 is 1.85 bits per heavy atom. The molecule has 0 aliphatic rings. The molecule has 2 nitrogen and oxygen atoms in total. The van der Waals surface area contributed by atoms with Crippen LogP contribution in [0.15, 0.2) is 24.3 Å². The van der Waals surface area contributed by atoms with Crippen molar-refractivity contribution >= 4 is 5.69 Å². The molecule has 0 aromatic heterocycles. The number of nitrogens with one attached hydrogen (secondary N) is 1. The lowest BCUT2D eigenvalue weighted by Crippen LogP contribution is -2.43. The molecule has 0 spiro atoms. The fourth-order valence-electron chi connectivity index (χ4n) is 2.64. The Morgan fingerprint density at radius 3 is 2.35 bits per heavy atom. The van der Waals surface area contributed by atoms with Crippen molar-refractivity contribution in [2.24, 2.45) is 5.41 Å². The van der Waals surface area contributed by atoms with E-state index in [1.165, 1.54) is 25.0 Å². The molecule has 0 radical (unpaired) electrons. The van der Waals surface area contributed by atoms with Crippen LogP contribution in [-0.4, -0.2) is 26.2 Å². The third-order valence-electron chi connectivity index (χ3n) is 3.68. The summed E-state index contributed by atoms with van der Waals surface area (Å²) in [5.74, 6) is -0.181. The molecule has 1 rings (SSSR count). The van der Waals surface area contributed by atoms with E-state index in [1.54, 1.807) is 0 Å². The summed E-state index contributed by atoms with van der Waals surface area (Å²) in [6.07, 6.45) is 2.35. The van der Waals surface area contributed by atoms with Crippen LogP contribution in [0.1, 0.15) is 40.5 Å². The second-order valence-electron chi connectivity index (χ2n) is 6.43. The van der Waals surface area contributed by atoms with E-state index in [2.05, 4.69) is 45.0 Å². The Labute approximate surface area is 123 Å². The van der Waals surface area contributed by atoms with Crippen LogP contribution in [0.2, 0.25) is 0 Å². The number of halogens is 1. The summed E-state index contributed by atoms with van der Waals surface area (Å²) < 4.78 is 13.0. The normalized spacial score (nSPS) is 14.3. The summed E-state index contributed by atoms with van der Waals surface area (Å²) in [6, 6.07) is 7.24. The maximum atomic E-state index is 13.0. The van der Waals surface area contributed by atoms with Crippen LogP contribution in [0.4, 0.5) is 10.1 Å². The van der Waals surface area contributed by atoms with E-state index >= 15 is 0 Å². The minimum Gasteiger partial charge on any atom is -0.374 e. The van der Waals surface area contributed by atoms with Gasteiger partial charge in [0.25, 0.3) is 0 Å². The van der Waals surface area contributed by atoms with Crippen molar-refractivity contribution in [1.82, 2.24) is 5.32 Å². The molecule has 0 aliphatic carbocycles. The Morgan fingerprint density at radius 1 is 1.25 bits per heavy atom. The zero-order valence-electron chi connectivity index (χ0n) is 13.5. The van der Waals surface area contributed by atoms with Crippen molar-refractivity contribution < 1.29 is 4.39 Å². The molecule has 1 unspecified atom stereocenters. The molecule has 0 aliphatic heterocycles. The van der Waals surface area contributed by atoms with Crippen molar-refractivity contribution in [2.75, 3.05) is 25.0 Å². The molecule has 20 heavy (non-hydrogen) atoms. The molecular weight excluding hydrogens is 251 g/mol. The maximum absolute atomic E-state index is 13.0. The first-order valence-corrected chi connectivity index (χ1v) is 7.56. The van der Waals surface area contributed by atoms with Gasteiger partial charge in [-0.3, -0.25) is 0 Å². The van der Waals surface area contributed by atoms with Crippen LogP contribution in [0.3, 0.4) is 0 Å². The van der Waals surface area contributed by atoms with Gasteiger partial charge in [0.05, 0.1) is 0 Å². The molecule has 0 heterocycles. The van der Waals surface area contributed by atoms with Gasteiger partial charge >= 0.3 is 0 Å². The Balaban J connectivity index is 2.70. The van der Waals surface area contributed by atoms with E-state index in [0.717, 1.165) is 18.8 Å². The summed E-state index contributed by atoms with van der Waals surface area (Å²) in [6.45, 7) is 10.9. The molecule has 0 saturated carbocycles. The van der Waals surface area contributed by atoms with Gasteiger partial charge in [0, 0.05) is 31.9 Å². The van der Waals surface area contributed by atoms with E-state index in [9.17, 15) is 4.39 Å². The molecular formula is C17H29FN2. The minimum absolute atomic E-state index is 0.181. The molecule has 0 saturated heterocycles. The topological polar surface area (TPSA) is 15.3 Å². The van der Waals surface area contributed by atoms with Crippen molar-refractivity contribution in [3.63, 3.8) is 0 Å². The van der Waals surface area contributed by atoms with Crippen molar-refractivity contribution in [2.45, 2.75) is 46.6 Å². The smallest absolute Gasteiger partial charge is 0.123 e. The first-order valence-electron chi connectivity index (χ1n) is 7.56. The van der Waals surface area contributed by atoms with Gasteiger partial charge in [-0.2, -0.15) is 0 Å². The first-order chi connectivity index (χ1) is 9.36. The van der Waals surface area contributed by atoms with E-state index in [-0.39, 0.29) is 11.2 Å². The lowest BCUT2D eigenvalue weighted by atomic mass is 9.84. The predicted molar refractivity (Wildman–Crippen MR) is 85.8 cm³/mol. The van der Waals surface area contributed by atoms with Gasteiger partial charge in [-0.25, -0.2) is 4.39 Å². The van der Waals surface area contributed by atoms with Gasteiger partial charge in [0.15, 0.2) is 0 Å². The number of hydrogen-bond donors (Lipinski definition) is 1. The molecule has 0 fully saturated rings. The zero-order chi connectivity index (χ0) is 15.2. The molecule has 3 heteroatoms. The van der Waals surface area contributed by atoms with Crippen LogP contribution in [-0.2, 0) is 0 Å². The number of rotatable bonds is 8. The largest absolute Gasteiger partial charge is 0.374 e. The molecule has 1 aromatic carbocycles. The van der Waals surface area contributed by atoms with Gasteiger partial charge in [-0.15, -0.1) is 0 Å². The second kappa shape index (κ2) is 7.63. The number of anilines is 1. The van der Waals surface area contributed by atoms with Gasteiger partial charge in [0.1, 0.15) is 5.82 Å². The van der Waals surface area contributed by atoms with Crippen LogP contribution in [0, 0.1) is 11.2 Å². The number of nitrogens with zero attached hydrogens (tertiary/aromatic N) is 1. The highest BCUT2D eigenvalue weighted by Crippen LogP contribution is 2.26. The van der Waals surface area contributed by atoms with Crippen molar-refractivity contribution in [3.8, 4) is 0 Å². The third-order valence-corrected chi connectivity index (χ3v) is 3.68. The van der Waals surface area contributed by atoms with Crippen LogP contribution in [0.5, 0.6) is 0 Å². The standard InChI is InChI=1S/C17H29FN2/c1-6-11-17(4,12-19-14(2)3)13-20(5)16-9-7-15(18)8-10-16/h7-10,14,19H,6,11-13H2,1-5H3. The lowest BCUT2D eigenvalue weighted by molar-refractivity contribution is 0.275. The average molecular weight is 280 g/mol. The first kappa shape index (κ1) is 17.0. The summed E-state index contributed by atoms with van der Waals surface area (Å²) >= 11 is 0. The fraction of sp³-hybridized carbons (Fsp3) is 0.647. The van der Waals surface area contributed by atoms with E-state index in [4.69, 9.17) is 0 Å². The minimum atomic E-state index is -0.181.